The van der Waals surface area contributed by atoms with Crippen molar-refractivity contribution in [3.63, 3.8) is 0 Å². The van der Waals surface area contributed by atoms with Crippen molar-refractivity contribution in [2.75, 3.05) is 13.2 Å². The van der Waals surface area contributed by atoms with Gasteiger partial charge in [-0.05, 0) is 124 Å². The van der Waals surface area contributed by atoms with E-state index < -0.39 is 47.9 Å². The Morgan fingerprint density at radius 1 is 0.550 bits per heavy atom. The van der Waals surface area contributed by atoms with E-state index in [0.29, 0.717) is 36.5 Å². The molecular weight excluding hydrogens is 761 g/mol. The molecule has 0 aromatic heterocycles. The zero-order valence-corrected chi connectivity index (χ0v) is 36.5. The molecule has 10 nitrogen and oxygen atoms in total. The van der Waals surface area contributed by atoms with Gasteiger partial charge in [0.1, 0.15) is 24.7 Å². The summed E-state index contributed by atoms with van der Waals surface area (Å²) in [4.78, 5) is 53.0. The molecule has 4 rings (SSSR count). The third kappa shape index (κ3) is 13.5. The van der Waals surface area contributed by atoms with Gasteiger partial charge in [0.25, 0.3) is 11.2 Å². The van der Waals surface area contributed by atoms with E-state index in [1.54, 1.807) is 24.3 Å². The minimum Gasteiger partial charge on any atom is -0.490 e. The zero-order valence-electron chi connectivity index (χ0n) is 36.5. The fraction of sp³-hybridized carbons (Fsp3) is 0.600. The summed E-state index contributed by atoms with van der Waals surface area (Å²) in [6, 6.07) is 11.9. The maximum atomic E-state index is 13.5. The van der Waals surface area contributed by atoms with E-state index in [9.17, 15) is 29.4 Å². The summed E-state index contributed by atoms with van der Waals surface area (Å²) in [5, 5.41) is 21.1. The van der Waals surface area contributed by atoms with Gasteiger partial charge in [-0.2, -0.15) is 0 Å². The highest BCUT2D eigenvalue weighted by atomic mass is 16.6. The Morgan fingerprint density at radius 2 is 0.900 bits per heavy atom. The summed E-state index contributed by atoms with van der Waals surface area (Å²) in [5.74, 6) is -1.90. The smallest absolute Gasteiger partial charge is 0.353 e. The molecular formula is C50H70O10. The normalized spacial score (nSPS) is 21.5. The lowest BCUT2D eigenvalue weighted by Crippen LogP contribution is -2.67. The summed E-state index contributed by atoms with van der Waals surface area (Å²) in [7, 11) is 0. The van der Waals surface area contributed by atoms with Gasteiger partial charge < -0.3 is 29.2 Å². The number of carboxylic acids is 2. The number of unbranched alkanes of at least 4 members (excludes halogenated alkanes) is 4. The number of ether oxygens (including phenoxy) is 4. The molecule has 0 heterocycles. The Labute approximate surface area is 358 Å². The number of esters is 2. The largest absolute Gasteiger partial charge is 0.490 e. The van der Waals surface area contributed by atoms with Crippen molar-refractivity contribution in [1.29, 1.82) is 0 Å². The third-order valence-electron chi connectivity index (χ3n) is 12.8. The van der Waals surface area contributed by atoms with Crippen LogP contribution in [-0.2, 0) is 19.1 Å². The van der Waals surface area contributed by atoms with Crippen LogP contribution in [0.15, 0.2) is 72.8 Å². The fourth-order valence-corrected chi connectivity index (χ4v) is 8.91. The SMILES string of the molecule is CCCCC[C@H]1CC[C@H](C=CCOc2ccc(C(=O)O[C@@](CC)(C(=O)O)[C@@](CC)(OC(=O)c3ccc(OCC=C[C@H]4CC[C@H](CCCCC)CC4)cc3)C(=O)O)cc2)CC1. The lowest BCUT2D eigenvalue weighted by atomic mass is 9.77. The lowest BCUT2D eigenvalue weighted by molar-refractivity contribution is -0.209. The minimum atomic E-state index is -2.77. The molecule has 0 saturated heterocycles. The van der Waals surface area contributed by atoms with Gasteiger partial charge in [0.05, 0.1) is 11.1 Å². The first-order chi connectivity index (χ1) is 29.0. The fourth-order valence-electron chi connectivity index (χ4n) is 8.91. The van der Waals surface area contributed by atoms with E-state index in [-0.39, 0.29) is 11.1 Å². The van der Waals surface area contributed by atoms with Crippen LogP contribution in [-0.4, -0.2) is 58.5 Å². The molecule has 0 spiro atoms. The number of carbonyl (C=O) groups is 4. The molecule has 2 N–H and O–H groups in total. The molecule has 0 bridgehead atoms. The minimum absolute atomic E-state index is 0.0231. The molecule has 2 aliphatic rings. The first-order valence-electron chi connectivity index (χ1n) is 22.7. The van der Waals surface area contributed by atoms with Gasteiger partial charge in [-0.3, -0.25) is 0 Å². The molecule has 0 amide bonds. The number of allylic oxidation sites excluding steroid dienone is 2. The molecule has 0 aliphatic heterocycles. The van der Waals surface area contributed by atoms with Crippen LogP contribution in [0.25, 0.3) is 0 Å². The standard InChI is InChI=1S/C50H70O10/c1-5-9-11-15-37-19-23-39(24-20-37)17-13-35-57-43-31-27-41(28-32-43)45(51)59-49(7-3,47(53)54)50(8-4,48(55)56)60-46(52)42-29-33-44(34-30-42)58-36-14-18-40-25-21-38(22-26-40)16-12-10-6-2/h13-14,17-18,27-34,37-40H,5-12,15-16,19-26,35-36H2,1-4H3,(H,53,54)(H,55,56)/t37-,38-,39-,40-,49-,50-/m0/s1. The molecule has 2 aliphatic carbocycles. The highest BCUT2D eigenvalue weighted by Gasteiger charge is 2.66. The van der Waals surface area contributed by atoms with Gasteiger partial charge in [0.2, 0.25) is 0 Å². The molecule has 0 radical (unpaired) electrons. The van der Waals surface area contributed by atoms with Crippen LogP contribution in [0.1, 0.15) is 164 Å². The molecule has 0 unspecified atom stereocenters. The molecule has 330 valence electrons. The van der Waals surface area contributed by atoms with Crippen molar-refractivity contribution in [3.05, 3.63) is 84.0 Å². The average molecular weight is 831 g/mol. The van der Waals surface area contributed by atoms with Gasteiger partial charge in [-0.25, -0.2) is 19.2 Å². The Balaban J connectivity index is 1.32. The monoisotopic (exact) mass is 830 g/mol. The Hall–Kier alpha value is -4.60. The number of aliphatic carboxylic acids is 2. The van der Waals surface area contributed by atoms with Gasteiger partial charge in [-0.1, -0.05) is 103 Å². The second kappa shape index (κ2) is 24.6. The van der Waals surface area contributed by atoms with Gasteiger partial charge in [0, 0.05) is 12.8 Å². The van der Waals surface area contributed by atoms with E-state index in [1.165, 1.54) is 141 Å². The van der Waals surface area contributed by atoms with Crippen LogP contribution in [0.3, 0.4) is 0 Å². The summed E-state index contributed by atoms with van der Waals surface area (Å²) in [5.41, 5.74) is -5.58. The predicted molar refractivity (Wildman–Crippen MR) is 233 cm³/mol. The maximum absolute atomic E-state index is 13.5. The van der Waals surface area contributed by atoms with Crippen LogP contribution >= 0.6 is 0 Å². The Morgan fingerprint density at radius 3 is 1.20 bits per heavy atom. The van der Waals surface area contributed by atoms with Crippen LogP contribution in [0.5, 0.6) is 11.5 Å². The van der Waals surface area contributed by atoms with Gasteiger partial charge in [-0.15, -0.1) is 0 Å². The molecule has 2 saturated carbocycles. The van der Waals surface area contributed by atoms with E-state index in [1.807, 2.05) is 12.2 Å². The summed E-state index contributed by atoms with van der Waals surface area (Å²) in [6.45, 7) is 7.93. The maximum Gasteiger partial charge on any atom is 0.353 e. The van der Waals surface area contributed by atoms with Crippen LogP contribution in [0.4, 0.5) is 0 Å². The van der Waals surface area contributed by atoms with E-state index in [2.05, 4.69) is 26.0 Å². The molecule has 2 aromatic rings. The predicted octanol–water partition coefficient (Wildman–Crippen LogP) is 11.8. The number of hydrogen-bond acceptors (Lipinski definition) is 8. The highest BCUT2D eigenvalue weighted by Crippen LogP contribution is 2.39. The number of benzene rings is 2. The number of carboxylic acid groups (broad SMARTS) is 2. The highest BCUT2D eigenvalue weighted by molar-refractivity contribution is 5.99. The molecule has 2 fully saturated rings. The van der Waals surface area contributed by atoms with Crippen molar-refractivity contribution in [2.24, 2.45) is 23.7 Å². The van der Waals surface area contributed by atoms with Crippen molar-refractivity contribution >= 4 is 23.9 Å². The van der Waals surface area contributed by atoms with Crippen molar-refractivity contribution in [1.82, 2.24) is 0 Å². The van der Waals surface area contributed by atoms with Crippen molar-refractivity contribution in [2.45, 2.75) is 154 Å². The average Bonchev–Trinajstić information content (AvgIpc) is 3.26. The first-order valence-corrected chi connectivity index (χ1v) is 22.7. The quantitative estimate of drug-likeness (QED) is 0.0563. The Kier molecular flexibility index (Phi) is 19.7. The van der Waals surface area contributed by atoms with E-state index >= 15 is 0 Å². The second-order valence-corrected chi connectivity index (χ2v) is 16.8. The third-order valence-corrected chi connectivity index (χ3v) is 12.8. The van der Waals surface area contributed by atoms with Crippen LogP contribution in [0.2, 0.25) is 0 Å². The summed E-state index contributed by atoms with van der Waals surface area (Å²) < 4.78 is 22.9. The lowest BCUT2D eigenvalue weighted by Gasteiger charge is -2.42. The number of hydrogen-bond donors (Lipinski definition) is 2. The summed E-state index contributed by atoms with van der Waals surface area (Å²) >= 11 is 0. The summed E-state index contributed by atoms with van der Waals surface area (Å²) in [6.07, 6.45) is 27.8. The topological polar surface area (TPSA) is 146 Å². The zero-order chi connectivity index (χ0) is 43.4. The van der Waals surface area contributed by atoms with Crippen LogP contribution in [0, 0.1) is 23.7 Å². The van der Waals surface area contributed by atoms with E-state index in [0.717, 1.165) is 11.8 Å². The number of rotatable bonds is 25. The van der Waals surface area contributed by atoms with Crippen molar-refractivity contribution < 1.29 is 48.3 Å². The first kappa shape index (κ1) is 48.1. The molecule has 2 atom stereocenters. The van der Waals surface area contributed by atoms with Crippen LogP contribution < -0.4 is 9.47 Å². The van der Waals surface area contributed by atoms with Gasteiger partial charge >= 0.3 is 23.9 Å². The molecule has 10 heteroatoms. The molecule has 60 heavy (non-hydrogen) atoms. The van der Waals surface area contributed by atoms with Gasteiger partial charge in [0.15, 0.2) is 0 Å². The van der Waals surface area contributed by atoms with Crippen molar-refractivity contribution in [3.8, 4) is 11.5 Å². The van der Waals surface area contributed by atoms with E-state index in [4.69, 9.17) is 18.9 Å². The Bertz CT molecular complexity index is 1560. The number of carbonyl (C=O) groups excluding carboxylic acids is 2. The second-order valence-electron chi connectivity index (χ2n) is 16.8. The molecule has 2 aromatic carbocycles.